The number of benzene rings is 2. The molecular weight excluding hydrogens is 430 g/mol. The van der Waals surface area contributed by atoms with Gasteiger partial charge in [0.15, 0.2) is 17.1 Å². The Hall–Kier alpha value is -3.82. The molecule has 176 valence electrons. The van der Waals surface area contributed by atoms with E-state index in [-0.39, 0.29) is 23.7 Å². The first-order chi connectivity index (χ1) is 15.9. The van der Waals surface area contributed by atoms with Crippen LogP contribution >= 0.6 is 0 Å². The van der Waals surface area contributed by atoms with E-state index in [0.29, 0.717) is 36.7 Å². The van der Waals surface area contributed by atoms with Crippen molar-refractivity contribution >= 4 is 22.7 Å². The molecule has 33 heavy (non-hydrogen) atoms. The second-order valence-electron chi connectivity index (χ2n) is 7.51. The fourth-order valence-electron chi connectivity index (χ4n) is 3.48. The molecule has 1 amide bonds. The number of non-ortho nitro benzene ring substituents is 1. The van der Waals surface area contributed by atoms with Gasteiger partial charge in [0, 0.05) is 19.2 Å². The Morgan fingerprint density at radius 3 is 2.61 bits per heavy atom. The Kier molecular flexibility index (Phi) is 7.70. The standard InChI is InChI=1S/C23H27N3O7/c1-4-10-24(14-16-6-9-19(32-11-5-2)21(12-16)31-3)22(27)15-25-18-8-7-17(26(29)30)13-20(18)33-23(25)28/h6-9,12-13H,4-5,10-11,14-15H2,1-3H3. The van der Waals surface area contributed by atoms with Gasteiger partial charge in [0.2, 0.25) is 5.91 Å². The zero-order chi connectivity index (χ0) is 24.0. The van der Waals surface area contributed by atoms with E-state index in [1.165, 1.54) is 22.8 Å². The number of rotatable bonds is 11. The van der Waals surface area contributed by atoms with Crippen LogP contribution in [0, 0.1) is 10.1 Å². The SMILES string of the molecule is CCCOc1ccc(CN(CCC)C(=O)Cn2c(=O)oc3cc([N+](=O)[O-])ccc32)cc1OC. The lowest BCUT2D eigenvalue weighted by atomic mass is 10.1. The monoisotopic (exact) mass is 457 g/mol. The van der Waals surface area contributed by atoms with Crippen LogP contribution < -0.4 is 15.2 Å². The molecule has 0 spiro atoms. The molecule has 0 bridgehead atoms. The zero-order valence-corrected chi connectivity index (χ0v) is 18.9. The van der Waals surface area contributed by atoms with Crippen LogP contribution in [-0.2, 0) is 17.9 Å². The molecule has 3 aromatic rings. The summed E-state index contributed by atoms with van der Waals surface area (Å²) >= 11 is 0. The Morgan fingerprint density at radius 1 is 1.15 bits per heavy atom. The molecule has 2 aromatic carbocycles. The largest absolute Gasteiger partial charge is 0.493 e. The molecule has 0 aliphatic rings. The van der Waals surface area contributed by atoms with Crippen molar-refractivity contribution in [3.8, 4) is 11.5 Å². The third-order valence-corrected chi connectivity index (χ3v) is 5.07. The second kappa shape index (κ2) is 10.7. The van der Waals surface area contributed by atoms with E-state index in [0.717, 1.165) is 18.4 Å². The summed E-state index contributed by atoms with van der Waals surface area (Å²) in [4.78, 5) is 37.5. The van der Waals surface area contributed by atoms with Crippen molar-refractivity contribution in [2.75, 3.05) is 20.3 Å². The van der Waals surface area contributed by atoms with E-state index in [9.17, 15) is 19.7 Å². The van der Waals surface area contributed by atoms with Gasteiger partial charge in [-0.2, -0.15) is 0 Å². The van der Waals surface area contributed by atoms with Crippen LogP contribution in [0.2, 0.25) is 0 Å². The average Bonchev–Trinajstić information content (AvgIpc) is 3.11. The van der Waals surface area contributed by atoms with Crippen molar-refractivity contribution in [2.45, 2.75) is 39.8 Å². The Labute approximate surface area is 190 Å². The van der Waals surface area contributed by atoms with Gasteiger partial charge in [-0.25, -0.2) is 4.79 Å². The summed E-state index contributed by atoms with van der Waals surface area (Å²) in [5.74, 6) is 0.213. The lowest BCUT2D eigenvalue weighted by Gasteiger charge is -2.23. The van der Waals surface area contributed by atoms with Gasteiger partial charge in [0.05, 0.1) is 30.2 Å². The average molecular weight is 457 g/mol. The van der Waals surface area contributed by atoms with E-state index in [1.807, 2.05) is 32.0 Å². The van der Waals surface area contributed by atoms with Crippen LogP contribution in [0.25, 0.3) is 11.1 Å². The van der Waals surface area contributed by atoms with Gasteiger partial charge < -0.3 is 18.8 Å². The van der Waals surface area contributed by atoms with Crippen molar-refractivity contribution in [1.82, 2.24) is 9.47 Å². The minimum absolute atomic E-state index is 0.0662. The number of amides is 1. The summed E-state index contributed by atoms with van der Waals surface area (Å²) in [6.45, 7) is 5.13. The smallest absolute Gasteiger partial charge is 0.420 e. The van der Waals surface area contributed by atoms with Gasteiger partial charge in [-0.15, -0.1) is 0 Å². The highest BCUT2D eigenvalue weighted by molar-refractivity contribution is 5.80. The Balaban J connectivity index is 1.82. The molecule has 0 saturated heterocycles. The third-order valence-electron chi connectivity index (χ3n) is 5.07. The van der Waals surface area contributed by atoms with Gasteiger partial charge in [0.25, 0.3) is 5.69 Å². The number of nitrogens with zero attached hydrogens (tertiary/aromatic N) is 3. The minimum Gasteiger partial charge on any atom is -0.493 e. The molecule has 0 radical (unpaired) electrons. The van der Waals surface area contributed by atoms with Gasteiger partial charge in [-0.3, -0.25) is 19.5 Å². The summed E-state index contributed by atoms with van der Waals surface area (Å²) in [5.41, 5.74) is 1.06. The van der Waals surface area contributed by atoms with Crippen molar-refractivity contribution in [3.05, 3.63) is 62.6 Å². The van der Waals surface area contributed by atoms with E-state index in [4.69, 9.17) is 13.9 Å². The van der Waals surface area contributed by atoms with Crippen LogP contribution in [-0.4, -0.2) is 40.6 Å². The predicted molar refractivity (Wildman–Crippen MR) is 122 cm³/mol. The Morgan fingerprint density at radius 2 is 1.94 bits per heavy atom. The van der Waals surface area contributed by atoms with Crippen molar-refractivity contribution in [3.63, 3.8) is 0 Å². The molecule has 0 fully saturated rings. The first-order valence-corrected chi connectivity index (χ1v) is 10.7. The summed E-state index contributed by atoms with van der Waals surface area (Å²) in [6, 6.07) is 9.39. The molecule has 0 aliphatic heterocycles. The lowest BCUT2D eigenvalue weighted by molar-refractivity contribution is -0.384. The molecule has 0 aliphatic carbocycles. The highest BCUT2D eigenvalue weighted by Crippen LogP contribution is 2.29. The van der Waals surface area contributed by atoms with Gasteiger partial charge in [-0.05, 0) is 36.6 Å². The van der Waals surface area contributed by atoms with Crippen LogP contribution in [0.5, 0.6) is 11.5 Å². The van der Waals surface area contributed by atoms with Crippen LogP contribution in [0.3, 0.4) is 0 Å². The maximum absolute atomic E-state index is 13.1. The molecule has 10 heteroatoms. The molecule has 0 N–H and O–H groups in total. The van der Waals surface area contributed by atoms with E-state index in [1.54, 1.807) is 12.0 Å². The predicted octanol–water partition coefficient (Wildman–Crippen LogP) is 3.74. The summed E-state index contributed by atoms with van der Waals surface area (Å²) in [6.07, 6.45) is 1.60. The molecular formula is C23H27N3O7. The molecule has 0 unspecified atom stereocenters. The first-order valence-electron chi connectivity index (χ1n) is 10.7. The van der Waals surface area contributed by atoms with Gasteiger partial charge in [0.1, 0.15) is 6.54 Å². The number of nitro groups is 1. The number of oxazole rings is 1. The number of hydrogen-bond acceptors (Lipinski definition) is 7. The summed E-state index contributed by atoms with van der Waals surface area (Å²) in [7, 11) is 1.56. The fraction of sp³-hybridized carbons (Fsp3) is 0.391. The zero-order valence-electron chi connectivity index (χ0n) is 18.9. The van der Waals surface area contributed by atoms with E-state index < -0.39 is 10.7 Å². The molecule has 0 saturated carbocycles. The number of nitro benzene ring substituents is 1. The molecule has 1 aromatic heterocycles. The normalized spacial score (nSPS) is 10.9. The summed E-state index contributed by atoms with van der Waals surface area (Å²) in [5, 5.41) is 11.0. The van der Waals surface area contributed by atoms with Crippen LogP contribution in [0.4, 0.5) is 5.69 Å². The number of methoxy groups -OCH3 is 1. The molecule has 1 heterocycles. The highest BCUT2D eigenvalue weighted by atomic mass is 16.6. The molecule has 0 atom stereocenters. The maximum Gasteiger partial charge on any atom is 0.420 e. The summed E-state index contributed by atoms with van der Waals surface area (Å²) < 4.78 is 17.4. The number of aromatic nitrogens is 1. The lowest BCUT2D eigenvalue weighted by Crippen LogP contribution is -2.35. The number of hydrogen-bond donors (Lipinski definition) is 0. The second-order valence-corrected chi connectivity index (χ2v) is 7.51. The third kappa shape index (κ3) is 5.51. The van der Waals surface area contributed by atoms with Crippen molar-refractivity contribution < 1.29 is 23.6 Å². The van der Waals surface area contributed by atoms with Crippen LogP contribution in [0.15, 0.2) is 45.6 Å². The van der Waals surface area contributed by atoms with E-state index in [2.05, 4.69) is 0 Å². The van der Waals surface area contributed by atoms with Crippen molar-refractivity contribution in [2.24, 2.45) is 0 Å². The van der Waals surface area contributed by atoms with Crippen LogP contribution in [0.1, 0.15) is 32.3 Å². The number of carbonyl (C=O) groups excluding carboxylic acids is 1. The number of ether oxygens (including phenoxy) is 2. The molecule has 3 rings (SSSR count). The number of fused-ring (bicyclic) bond motifs is 1. The topological polar surface area (TPSA) is 117 Å². The van der Waals surface area contributed by atoms with Crippen molar-refractivity contribution in [1.29, 1.82) is 0 Å². The minimum atomic E-state index is -0.741. The quantitative estimate of drug-likeness (QED) is 0.318. The van der Waals surface area contributed by atoms with Gasteiger partial charge in [-0.1, -0.05) is 19.9 Å². The fourth-order valence-corrected chi connectivity index (χ4v) is 3.48. The van der Waals surface area contributed by atoms with E-state index >= 15 is 0 Å². The maximum atomic E-state index is 13.1. The highest BCUT2D eigenvalue weighted by Gasteiger charge is 2.20. The van der Waals surface area contributed by atoms with Gasteiger partial charge >= 0.3 is 5.76 Å². The first kappa shape index (κ1) is 23.8. The Bertz CT molecular complexity index is 1200. The molecule has 10 nitrogen and oxygen atoms in total. The number of carbonyl (C=O) groups is 1.